The summed E-state index contributed by atoms with van der Waals surface area (Å²) in [6.45, 7) is 2.63. The second kappa shape index (κ2) is 8.19. The zero-order valence-corrected chi connectivity index (χ0v) is 15.2. The van der Waals surface area contributed by atoms with Crippen molar-refractivity contribution in [2.45, 2.75) is 58.0 Å². The lowest BCUT2D eigenvalue weighted by Gasteiger charge is -2.23. The van der Waals surface area contributed by atoms with Crippen molar-refractivity contribution in [3.63, 3.8) is 0 Å². The van der Waals surface area contributed by atoms with Crippen molar-refractivity contribution in [2.75, 3.05) is 7.05 Å². The highest BCUT2D eigenvalue weighted by atomic mass is 16.2. The van der Waals surface area contributed by atoms with E-state index in [1.807, 2.05) is 25.2 Å². The van der Waals surface area contributed by atoms with Crippen LogP contribution in [0.5, 0.6) is 0 Å². The van der Waals surface area contributed by atoms with Gasteiger partial charge in [0.05, 0.1) is 18.3 Å². The molecule has 0 saturated carbocycles. The van der Waals surface area contributed by atoms with Crippen molar-refractivity contribution >= 4 is 6.03 Å². The Balaban J connectivity index is 1.64. The van der Waals surface area contributed by atoms with Gasteiger partial charge in [0.1, 0.15) is 0 Å². The molecule has 0 fully saturated rings. The summed E-state index contributed by atoms with van der Waals surface area (Å²) < 4.78 is 0. The molecule has 0 saturated heterocycles. The molecule has 0 aliphatic heterocycles. The maximum Gasteiger partial charge on any atom is 0.317 e. The van der Waals surface area contributed by atoms with Gasteiger partial charge in [0.2, 0.25) is 0 Å². The summed E-state index contributed by atoms with van der Waals surface area (Å²) in [4.78, 5) is 14.4. The predicted molar refractivity (Wildman–Crippen MR) is 99.3 cm³/mol. The normalized spacial score (nSPS) is 15.1. The van der Waals surface area contributed by atoms with E-state index >= 15 is 0 Å². The van der Waals surface area contributed by atoms with Gasteiger partial charge in [0, 0.05) is 12.7 Å². The minimum Gasteiger partial charge on any atom is -0.331 e. The van der Waals surface area contributed by atoms with Crippen LogP contribution in [0.1, 0.15) is 61.2 Å². The molecule has 2 aromatic rings. The highest BCUT2D eigenvalue weighted by Crippen LogP contribution is 2.22. The second-order valence-corrected chi connectivity index (χ2v) is 6.87. The van der Waals surface area contributed by atoms with E-state index in [0.29, 0.717) is 6.54 Å². The Morgan fingerprint density at radius 1 is 1.24 bits per heavy atom. The lowest BCUT2D eigenvalue weighted by Crippen LogP contribution is -2.39. The average molecular weight is 340 g/mol. The van der Waals surface area contributed by atoms with Crippen molar-refractivity contribution in [1.82, 2.24) is 20.4 Å². The van der Waals surface area contributed by atoms with E-state index in [4.69, 9.17) is 0 Å². The van der Waals surface area contributed by atoms with Crippen molar-refractivity contribution in [1.29, 1.82) is 0 Å². The molecule has 1 aromatic heterocycles. The van der Waals surface area contributed by atoms with Crippen LogP contribution in [-0.4, -0.2) is 28.2 Å². The van der Waals surface area contributed by atoms with E-state index in [1.165, 1.54) is 30.5 Å². The molecule has 0 bridgehead atoms. The topological polar surface area (TPSA) is 61.0 Å². The smallest absolute Gasteiger partial charge is 0.317 e. The fraction of sp³-hybridized carbons (Fsp3) is 0.500. The first-order valence-corrected chi connectivity index (χ1v) is 9.30. The van der Waals surface area contributed by atoms with Crippen LogP contribution in [-0.2, 0) is 19.4 Å². The fourth-order valence-corrected chi connectivity index (χ4v) is 3.52. The quantitative estimate of drug-likeness (QED) is 0.809. The largest absolute Gasteiger partial charge is 0.331 e. The van der Waals surface area contributed by atoms with Gasteiger partial charge in [-0.05, 0) is 43.2 Å². The Kier molecular flexibility index (Phi) is 5.74. The Morgan fingerprint density at radius 3 is 2.76 bits per heavy atom. The van der Waals surface area contributed by atoms with Crippen LogP contribution in [0.25, 0.3) is 0 Å². The van der Waals surface area contributed by atoms with Crippen LogP contribution in [0, 0.1) is 0 Å². The Morgan fingerprint density at radius 2 is 2.00 bits per heavy atom. The molecule has 1 atom stereocenters. The number of aromatic amines is 1. The maximum absolute atomic E-state index is 12.6. The number of carbonyl (C=O) groups is 1. The third-order valence-electron chi connectivity index (χ3n) is 5.03. The second-order valence-electron chi connectivity index (χ2n) is 6.87. The van der Waals surface area contributed by atoms with E-state index < -0.39 is 0 Å². The summed E-state index contributed by atoms with van der Waals surface area (Å²) in [6.07, 6.45) is 6.71. The van der Waals surface area contributed by atoms with Crippen molar-refractivity contribution in [3.05, 3.63) is 52.8 Å². The number of aryl methyl sites for hydroxylation is 1. The highest BCUT2D eigenvalue weighted by Gasteiger charge is 2.20. The van der Waals surface area contributed by atoms with Gasteiger partial charge < -0.3 is 10.2 Å². The number of aromatic nitrogens is 2. The van der Waals surface area contributed by atoms with Crippen molar-refractivity contribution in [3.8, 4) is 0 Å². The fourth-order valence-electron chi connectivity index (χ4n) is 3.52. The number of carbonyl (C=O) groups excluding carboxylic acids is 1. The summed E-state index contributed by atoms with van der Waals surface area (Å²) >= 11 is 0. The molecule has 1 aliphatic rings. The molecular formula is C20H28N4O. The average Bonchev–Trinajstić information content (AvgIpc) is 2.86. The van der Waals surface area contributed by atoms with Crippen LogP contribution in [0.3, 0.4) is 0 Å². The van der Waals surface area contributed by atoms with Crippen molar-refractivity contribution < 1.29 is 4.79 Å². The number of benzene rings is 1. The van der Waals surface area contributed by atoms with E-state index in [0.717, 1.165) is 30.5 Å². The van der Waals surface area contributed by atoms with Crippen LogP contribution in [0.15, 0.2) is 30.3 Å². The molecule has 5 nitrogen and oxygen atoms in total. The minimum atomic E-state index is -0.0546. The number of nitrogens with one attached hydrogen (secondary N) is 2. The molecule has 5 heteroatoms. The third kappa shape index (κ3) is 4.21. The molecule has 3 rings (SSSR count). The van der Waals surface area contributed by atoms with Crippen LogP contribution < -0.4 is 5.32 Å². The van der Waals surface area contributed by atoms with Crippen LogP contribution in [0.4, 0.5) is 4.79 Å². The molecule has 2 amide bonds. The van der Waals surface area contributed by atoms with Crippen LogP contribution >= 0.6 is 0 Å². The van der Waals surface area contributed by atoms with E-state index in [9.17, 15) is 4.79 Å². The van der Waals surface area contributed by atoms with Gasteiger partial charge in [0.25, 0.3) is 0 Å². The SMILES string of the molecule is CC[C@H](NC(=O)N(C)Cc1n[nH]c2c1CCCCC2)c1ccccc1. The molecule has 1 aliphatic carbocycles. The molecular weight excluding hydrogens is 312 g/mol. The first kappa shape index (κ1) is 17.5. The number of hydrogen-bond acceptors (Lipinski definition) is 2. The van der Waals surface area contributed by atoms with Gasteiger partial charge in [-0.25, -0.2) is 4.79 Å². The number of nitrogens with zero attached hydrogens (tertiary/aromatic N) is 2. The van der Waals surface area contributed by atoms with Gasteiger partial charge >= 0.3 is 6.03 Å². The van der Waals surface area contributed by atoms with E-state index in [2.05, 4.69) is 34.6 Å². The first-order chi connectivity index (χ1) is 12.2. The number of fused-ring (bicyclic) bond motifs is 1. The highest BCUT2D eigenvalue weighted by molar-refractivity contribution is 5.74. The lowest BCUT2D eigenvalue weighted by atomic mass is 10.1. The number of urea groups is 1. The summed E-state index contributed by atoms with van der Waals surface area (Å²) in [5.74, 6) is 0. The van der Waals surface area contributed by atoms with Crippen molar-refractivity contribution in [2.24, 2.45) is 0 Å². The van der Waals surface area contributed by atoms with E-state index in [-0.39, 0.29) is 12.1 Å². The molecule has 1 heterocycles. The Hall–Kier alpha value is -2.30. The standard InChI is InChI=1S/C20H28N4O/c1-3-17(15-10-6-4-7-11-15)21-20(25)24(2)14-19-16-12-8-5-9-13-18(16)22-23-19/h4,6-7,10-11,17H,3,5,8-9,12-14H2,1-2H3,(H,21,25)(H,22,23)/t17-/m0/s1. The molecule has 0 unspecified atom stereocenters. The third-order valence-corrected chi connectivity index (χ3v) is 5.03. The lowest BCUT2D eigenvalue weighted by molar-refractivity contribution is 0.201. The maximum atomic E-state index is 12.6. The monoisotopic (exact) mass is 340 g/mol. The minimum absolute atomic E-state index is 0.0347. The molecule has 2 N–H and O–H groups in total. The first-order valence-electron chi connectivity index (χ1n) is 9.30. The summed E-state index contributed by atoms with van der Waals surface area (Å²) in [5.41, 5.74) is 4.74. The Labute approximate surface area is 149 Å². The van der Waals surface area contributed by atoms with Crippen LogP contribution in [0.2, 0.25) is 0 Å². The molecule has 1 aromatic carbocycles. The van der Waals surface area contributed by atoms with Gasteiger partial charge in [-0.1, -0.05) is 43.7 Å². The van der Waals surface area contributed by atoms with E-state index in [1.54, 1.807) is 4.90 Å². The van der Waals surface area contributed by atoms with Gasteiger partial charge in [-0.15, -0.1) is 0 Å². The Bertz CT molecular complexity index is 695. The number of hydrogen-bond donors (Lipinski definition) is 2. The summed E-state index contributed by atoms with van der Waals surface area (Å²) in [5, 5.41) is 10.8. The zero-order chi connectivity index (χ0) is 17.6. The summed E-state index contributed by atoms with van der Waals surface area (Å²) in [6, 6.07) is 10.1. The number of amides is 2. The van der Waals surface area contributed by atoms with Gasteiger partial charge in [0.15, 0.2) is 0 Å². The summed E-state index contributed by atoms with van der Waals surface area (Å²) in [7, 11) is 1.84. The van der Waals surface area contributed by atoms with Gasteiger partial charge in [-0.2, -0.15) is 5.10 Å². The number of H-pyrrole nitrogens is 1. The molecule has 25 heavy (non-hydrogen) atoms. The predicted octanol–water partition coefficient (Wildman–Crippen LogP) is 3.97. The molecule has 134 valence electrons. The molecule has 0 spiro atoms. The van der Waals surface area contributed by atoms with Gasteiger partial charge in [-0.3, -0.25) is 5.10 Å². The number of rotatable bonds is 5. The zero-order valence-electron chi connectivity index (χ0n) is 15.2. The molecule has 0 radical (unpaired) electrons.